The van der Waals surface area contributed by atoms with Crippen LogP contribution in [0.5, 0.6) is 0 Å². The van der Waals surface area contributed by atoms with Crippen molar-refractivity contribution in [2.24, 2.45) is 9.98 Å². The highest BCUT2D eigenvalue weighted by Gasteiger charge is 2.26. The monoisotopic (exact) mass is 842 g/mol. The zero-order valence-corrected chi connectivity index (χ0v) is 35.6. The fraction of sp³-hybridized carbons (Fsp3) is 0.0164. The first-order chi connectivity index (χ1) is 32.7. The second-order valence-electron chi connectivity index (χ2n) is 17.3. The second-order valence-corrected chi connectivity index (χ2v) is 17.3. The minimum atomic E-state index is -0.402. The fourth-order valence-electron chi connectivity index (χ4n) is 10.5. The van der Waals surface area contributed by atoms with Crippen LogP contribution >= 0.6 is 0 Å². The lowest BCUT2D eigenvalue weighted by Gasteiger charge is -2.25. The molecule has 0 saturated carbocycles. The molecular formula is C61H38N4O. The van der Waals surface area contributed by atoms with Crippen LogP contribution in [-0.4, -0.2) is 16.2 Å². The number of hydrogen-bond acceptors (Lipinski definition) is 4. The summed E-state index contributed by atoms with van der Waals surface area (Å²) in [5.74, 6) is 1.44. The number of aliphatic imine (C=N–C) groups is 2. The molecule has 1 atom stereocenters. The Hall–Kier alpha value is -8.80. The third-order valence-electron chi connectivity index (χ3n) is 13.6. The average Bonchev–Trinajstić information content (AvgIpc) is 3.91. The second kappa shape index (κ2) is 14.4. The van der Waals surface area contributed by atoms with E-state index in [4.69, 9.17) is 14.4 Å². The zero-order valence-electron chi connectivity index (χ0n) is 35.6. The number of nitrogens with zero attached hydrogens (tertiary/aromatic N) is 3. The van der Waals surface area contributed by atoms with Gasteiger partial charge in [-0.1, -0.05) is 164 Å². The van der Waals surface area contributed by atoms with Crippen LogP contribution in [0.15, 0.2) is 233 Å². The summed E-state index contributed by atoms with van der Waals surface area (Å²) >= 11 is 0. The number of para-hydroxylation sites is 1. The molecule has 5 nitrogen and oxygen atoms in total. The van der Waals surface area contributed by atoms with Crippen LogP contribution in [0.3, 0.4) is 0 Å². The van der Waals surface area contributed by atoms with E-state index in [1.54, 1.807) is 0 Å². The number of nitrogens with one attached hydrogen (secondary N) is 1. The summed E-state index contributed by atoms with van der Waals surface area (Å²) in [6.07, 6.45) is -0.402. The Kier molecular flexibility index (Phi) is 7.98. The Labute approximate surface area is 379 Å². The third-order valence-corrected chi connectivity index (χ3v) is 13.6. The van der Waals surface area contributed by atoms with Crippen LogP contribution in [0.1, 0.15) is 22.9 Å². The summed E-state index contributed by atoms with van der Waals surface area (Å²) in [7, 11) is 0. The van der Waals surface area contributed by atoms with Gasteiger partial charge in [0, 0.05) is 43.8 Å². The fourth-order valence-corrected chi connectivity index (χ4v) is 10.5. The van der Waals surface area contributed by atoms with Crippen LogP contribution in [0.2, 0.25) is 0 Å². The molecule has 5 heteroatoms. The highest BCUT2D eigenvalue weighted by Crippen LogP contribution is 2.44. The van der Waals surface area contributed by atoms with Crippen LogP contribution in [0.25, 0.3) is 104 Å². The largest absolute Gasteiger partial charge is 0.456 e. The highest BCUT2D eigenvalue weighted by molar-refractivity contribution is 6.20. The Morgan fingerprint density at radius 3 is 1.68 bits per heavy atom. The predicted molar refractivity (Wildman–Crippen MR) is 275 cm³/mol. The number of benzene rings is 11. The van der Waals surface area contributed by atoms with Crippen LogP contribution in [-0.2, 0) is 0 Å². The molecule has 0 bridgehead atoms. The number of amidine groups is 2. The maximum absolute atomic E-state index is 6.56. The topological polar surface area (TPSA) is 54.8 Å². The van der Waals surface area contributed by atoms with E-state index in [0.29, 0.717) is 5.84 Å². The number of furan rings is 1. The highest BCUT2D eigenvalue weighted by atomic mass is 16.3. The smallest absolute Gasteiger partial charge is 0.159 e. The Balaban J connectivity index is 1.07. The predicted octanol–water partition coefficient (Wildman–Crippen LogP) is 15.5. The van der Waals surface area contributed by atoms with Gasteiger partial charge < -0.3 is 14.3 Å². The molecule has 11 aromatic carbocycles. The summed E-state index contributed by atoms with van der Waals surface area (Å²) in [4.78, 5) is 11.0. The molecule has 1 aliphatic heterocycles. The quantitative estimate of drug-likeness (QED) is 0.188. The molecule has 1 aliphatic rings. The van der Waals surface area contributed by atoms with Gasteiger partial charge in [-0.05, 0) is 103 Å². The molecule has 0 fully saturated rings. The van der Waals surface area contributed by atoms with Gasteiger partial charge in [-0.3, -0.25) is 0 Å². The Bertz CT molecular complexity index is 4120. The van der Waals surface area contributed by atoms with Gasteiger partial charge >= 0.3 is 0 Å². The molecule has 2 aromatic heterocycles. The van der Waals surface area contributed by atoms with Crippen molar-refractivity contribution in [3.63, 3.8) is 0 Å². The average molecular weight is 843 g/mol. The molecule has 0 amide bonds. The van der Waals surface area contributed by atoms with Crippen molar-refractivity contribution in [3.05, 3.63) is 235 Å². The van der Waals surface area contributed by atoms with Crippen molar-refractivity contribution < 1.29 is 4.42 Å². The van der Waals surface area contributed by atoms with Gasteiger partial charge in [-0.15, -0.1) is 0 Å². The molecule has 1 unspecified atom stereocenters. The third kappa shape index (κ3) is 5.66. The number of rotatable bonds is 5. The van der Waals surface area contributed by atoms with Gasteiger partial charge in [0.05, 0.1) is 16.7 Å². The van der Waals surface area contributed by atoms with E-state index in [0.717, 1.165) is 88.5 Å². The molecule has 14 rings (SSSR count). The van der Waals surface area contributed by atoms with E-state index in [1.165, 1.54) is 37.7 Å². The minimum absolute atomic E-state index is 0.402. The molecule has 66 heavy (non-hydrogen) atoms. The molecular weight excluding hydrogens is 805 g/mol. The van der Waals surface area contributed by atoms with Gasteiger partial charge in [0.15, 0.2) is 5.84 Å². The molecule has 0 spiro atoms. The van der Waals surface area contributed by atoms with Gasteiger partial charge in [-0.25, -0.2) is 9.98 Å². The Morgan fingerprint density at radius 2 is 0.955 bits per heavy atom. The number of hydrogen-bond donors (Lipinski definition) is 1. The van der Waals surface area contributed by atoms with E-state index in [-0.39, 0.29) is 0 Å². The summed E-state index contributed by atoms with van der Waals surface area (Å²) in [5.41, 5.74) is 10.2. The molecule has 0 radical (unpaired) electrons. The SMILES string of the molecule is c1ccc2cc3c(cc2c1)c1cc2ccccc2cc1n3-c1ccc(C2=NC(c3cccc4ccccc34)NC(c3cccc4ccccc34)=N2)cc1-c1cccc2oc3ccccc3c12. The number of fused-ring (bicyclic) bond motifs is 10. The Morgan fingerprint density at radius 1 is 0.409 bits per heavy atom. The summed E-state index contributed by atoms with van der Waals surface area (Å²) < 4.78 is 9.03. The van der Waals surface area contributed by atoms with E-state index < -0.39 is 6.17 Å². The van der Waals surface area contributed by atoms with Crippen molar-refractivity contribution in [1.29, 1.82) is 0 Å². The van der Waals surface area contributed by atoms with E-state index >= 15 is 0 Å². The summed E-state index contributed by atoms with van der Waals surface area (Å²) in [6, 6.07) is 78.3. The maximum atomic E-state index is 6.56. The van der Waals surface area contributed by atoms with Crippen molar-refractivity contribution in [1.82, 2.24) is 9.88 Å². The first kappa shape index (κ1) is 36.7. The zero-order chi connectivity index (χ0) is 43.3. The van der Waals surface area contributed by atoms with Crippen molar-refractivity contribution >= 4 is 98.5 Å². The molecule has 0 aliphatic carbocycles. The molecule has 3 heterocycles. The first-order valence-electron chi connectivity index (χ1n) is 22.5. The van der Waals surface area contributed by atoms with Crippen LogP contribution in [0.4, 0.5) is 0 Å². The van der Waals surface area contributed by atoms with Crippen molar-refractivity contribution in [2.45, 2.75) is 6.17 Å². The summed E-state index contributed by atoms with van der Waals surface area (Å²) in [5, 5.41) is 17.8. The molecule has 0 saturated heterocycles. The van der Waals surface area contributed by atoms with E-state index in [9.17, 15) is 0 Å². The van der Waals surface area contributed by atoms with Crippen molar-refractivity contribution in [3.8, 4) is 16.8 Å². The standard InChI is InChI=1S/C61H38N4O/c1-3-18-41-35-54-51(32-39(41)16-1)52-33-40-17-2-4-19-42(40)36-55(52)65(54)53-31-30-43(34-50(53)46-25-13-29-57-58(46)49-24-9-10-28-56(49)66-57)59-62-60(47-26-11-20-37-14-5-7-22-44(37)47)64-61(63-59)48-27-12-21-38-15-6-8-23-45(38)48/h1-36,60H,(H,62,63,64). The van der Waals surface area contributed by atoms with E-state index in [1.807, 2.05) is 6.07 Å². The molecule has 1 N–H and O–H groups in total. The van der Waals surface area contributed by atoms with Gasteiger partial charge in [0.25, 0.3) is 0 Å². The molecule has 308 valence electrons. The lowest BCUT2D eigenvalue weighted by Crippen LogP contribution is -2.33. The maximum Gasteiger partial charge on any atom is 0.159 e. The van der Waals surface area contributed by atoms with Crippen LogP contribution < -0.4 is 5.32 Å². The van der Waals surface area contributed by atoms with E-state index in [2.05, 4.69) is 222 Å². The molecule has 13 aromatic rings. The van der Waals surface area contributed by atoms with Gasteiger partial charge in [0.2, 0.25) is 0 Å². The number of aromatic nitrogens is 1. The lowest BCUT2D eigenvalue weighted by molar-refractivity contribution is 0.669. The van der Waals surface area contributed by atoms with Crippen molar-refractivity contribution in [2.75, 3.05) is 0 Å². The lowest BCUT2D eigenvalue weighted by atomic mass is 9.95. The van der Waals surface area contributed by atoms with Gasteiger partial charge in [-0.2, -0.15) is 0 Å². The first-order valence-corrected chi connectivity index (χ1v) is 22.5. The summed E-state index contributed by atoms with van der Waals surface area (Å²) in [6.45, 7) is 0. The normalized spacial score (nSPS) is 14.2. The van der Waals surface area contributed by atoms with Crippen LogP contribution in [0, 0.1) is 0 Å². The van der Waals surface area contributed by atoms with Gasteiger partial charge in [0.1, 0.15) is 23.2 Å². The minimum Gasteiger partial charge on any atom is -0.456 e.